The van der Waals surface area contributed by atoms with E-state index in [2.05, 4.69) is 9.80 Å². The summed E-state index contributed by atoms with van der Waals surface area (Å²) in [6.07, 6.45) is 7.68. The number of fused-ring (bicyclic) bond motifs is 4. The molecule has 13 heteroatoms. The minimum atomic E-state index is -0.310. The normalized spacial score (nSPS) is 14.8. The van der Waals surface area contributed by atoms with Crippen molar-refractivity contribution in [2.75, 3.05) is 52.5 Å². The first kappa shape index (κ1) is 41.1. The van der Waals surface area contributed by atoms with Gasteiger partial charge >= 0.3 is 17.1 Å². The van der Waals surface area contributed by atoms with Crippen molar-refractivity contribution in [1.29, 1.82) is 0 Å². The van der Waals surface area contributed by atoms with Gasteiger partial charge in [-0.15, -0.1) is 0 Å². The van der Waals surface area contributed by atoms with Crippen LogP contribution in [-0.4, -0.2) is 73.2 Å². The molecule has 2 aliphatic heterocycles. The van der Waals surface area contributed by atoms with Crippen LogP contribution in [0.5, 0.6) is 23.0 Å². The van der Waals surface area contributed by atoms with Crippen molar-refractivity contribution in [3.05, 3.63) is 93.2 Å². The van der Waals surface area contributed by atoms with E-state index in [1.807, 2.05) is 0 Å². The van der Waals surface area contributed by atoms with Gasteiger partial charge in [-0.25, -0.2) is 0 Å². The average molecular weight is 776 g/mol. The predicted molar refractivity (Wildman–Crippen MR) is 198 cm³/mol. The average Bonchev–Trinajstić information content (AvgIpc) is 3.13. The molecule has 2 aliphatic rings. The van der Waals surface area contributed by atoms with Crippen LogP contribution in [0.25, 0.3) is 43.9 Å². The summed E-state index contributed by atoms with van der Waals surface area (Å²) in [7, 11) is 0. The molecule has 4 aromatic carbocycles. The maximum Gasteiger partial charge on any atom is 2.00 e. The third kappa shape index (κ3) is 9.49. The minimum Gasteiger partial charge on any atom is -0.872 e. The van der Waals surface area contributed by atoms with Crippen molar-refractivity contribution in [1.82, 2.24) is 9.80 Å². The second kappa shape index (κ2) is 18.9. The SMILES string of the molecule is O.O.O=c1c2ccc(OCCN3CCCCC3)cc2oc2cccc([O-])c12.O=c1c2ccc(OCCN3CCCCC3)cc2oc2cccc([O-])c12.[Cu+2]. The molecule has 0 unspecified atom stereocenters. The van der Waals surface area contributed by atoms with Crippen LogP contribution >= 0.6 is 0 Å². The van der Waals surface area contributed by atoms with Gasteiger partial charge in [-0.1, -0.05) is 48.6 Å². The summed E-state index contributed by atoms with van der Waals surface area (Å²) in [6, 6.07) is 19.5. The molecular formula is C40H44CuN2O10. The molecule has 2 aromatic heterocycles. The zero-order chi connectivity index (χ0) is 34.5. The molecule has 53 heavy (non-hydrogen) atoms. The molecule has 285 valence electrons. The maximum atomic E-state index is 12.5. The van der Waals surface area contributed by atoms with E-state index in [9.17, 15) is 19.8 Å². The first-order valence-electron chi connectivity index (χ1n) is 17.5. The fraction of sp³-hybridized carbons (Fsp3) is 0.350. The van der Waals surface area contributed by atoms with E-state index in [1.54, 1.807) is 60.7 Å². The molecule has 8 rings (SSSR count). The Morgan fingerprint density at radius 1 is 0.547 bits per heavy atom. The molecule has 0 atom stereocenters. The molecular weight excluding hydrogens is 732 g/mol. The molecule has 6 aromatic rings. The molecule has 1 radical (unpaired) electrons. The fourth-order valence-corrected chi connectivity index (χ4v) is 6.83. The van der Waals surface area contributed by atoms with E-state index in [0.717, 1.165) is 39.3 Å². The van der Waals surface area contributed by atoms with Gasteiger partial charge in [0.1, 0.15) is 47.0 Å². The summed E-state index contributed by atoms with van der Waals surface area (Å²) >= 11 is 0. The molecule has 2 saturated heterocycles. The van der Waals surface area contributed by atoms with Gasteiger partial charge in [0, 0.05) is 25.2 Å². The summed E-state index contributed by atoms with van der Waals surface area (Å²) in [5, 5.41) is 24.8. The van der Waals surface area contributed by atoms with Crippen LogP contribution in [0.4, 0.5) is 0 Å². The van der Waals surface area contributed by atoms with E-state index in [4.69, 9.17) is 18.3 Å². The third-order valence-electron chi connectivity index (χ3n) is 9.52. The Kier molecular flexibility index (Phi) is 14.7. The number of hydrogen-bond donors (Lipinski definition) is 0. The summed E-state index contributed by atoms with van der Waals surface area (Å²) in [5.41, 5.74) is 0.937. The van der Waals surface area contributed by atoms with E-state index >= 15 is 0 Å². The quantitative estimate of drug-likeness (QED) is 0.160. The molecule has 0 bridgehead atoms. The number of benzene rings is 4. The van der Waals surface area contributed by atoms with Crippen LogP contribution in [0.3, 0.4) is 0 Å². The van der Waals surface area contributed by atoms with Gasteiger partial charge in [0.05, 0.1) is 21.5 Å². The Hall–Kier alpha value is -4.62. The molecule has 0 saturated carbocycles. The minimum absolute atomic E-state index is 0. The Bertz CT molecular complexity index is 2090. The van der Waals surface area contributed by atoms with Crippen LogP contribution in [0, 0.1) is 0 Å². The van der Waals surface area contributed by atoms with Crippen molar-refractivity contribution >= 4 is 43.9 Å². The summed E-state index contributed by atoms with van der Waals surface area (Å²) in [4.78, 5) is 29.9. The largest absolute Gasteiger partial charge is 2.00 e. The zero-order valence-corrected chi connectivity index (χ0v) is 30.2. The summed E-state index contributed by atoms with van der Waals surface area (Å²) in [6.45, 7) is 7.57. The van der Waals surface area contributed by atoms with Crippen LogP contribution in [-0.2, 0) is 17.1 Å². The Morgan fingerprint density at radius 2 is 0.943 bits per heavy atom. The standard InChI is InChI=1S/2C20H21NO4.Cu.2H2O/c2*22-16-5-4-6-17-19(16)20(23)15-8-7-14(13-18(15)25-17)24-12-11-21-9-2-1-3-10-21;;;/h2*4-8,13,22H,1-3,9-12H2;;2*1H2/q;;+2;;/p-2. The van der Waals surface area contributed by atoms with Crippen LogP contribution in [0.1, 0.15) is 38.5 Å². The topological polar surface area (TPSA) is 194 Å². The Balaban J connectivity index is 0.000000224. The van der Waals surface area contributed by atoms with Crippen molar-refractivity contribution < 1.29 is 56.5 Å². The van der Waals surface area contributed by atoms with Gasteiger partial charge < -0.3 is 39.5 Å². The molecule has 12 nitrogen and oxygen atoms in total. The molecule has 4 N–H and O–H groups in total. The smallest absolute Gasteiger partial charge is 0.872 e. The third-order valence-corrected chi connectivity index (χ3v) is 9.52. The van der Waals surface area contributed by atoms with E-state index in [1.165, 1.54) is 50.7 Å². The van der Waals surface area contributed by atoms with Crippen molar-refractivity contribution in [3.8, 4) is 23.0 Å². The molecule has 0 amide bonds. The van der Waals surface area contributed by atoms with Crippen molar-refractivity contribution in [2.45, 2.75) is 38.5 Å². The van der Waals surface area contributed by atoms with Crippen LogP contribution < -0.4 is 30.5 Å². The molecule has 4 heterocycles. The number of rotatable bonds is 8. The molecule has 2 fully saturated rings. The number of likely N-dealkylation sites (tertiary alicyclic amines) is 2. The molecule has 0 spiro atoms. The van der Waals surface area contributed by atoms with Gasteiger partial charge in [-0.05, 0) is 88.3 Å². The van der Waals surface area contributed by atoms with Gasteiger partial charge in [-0.3, -0.25) is 19.4 Å². The second-order valence-electron chi connectivity index (χ2n) is 12.9. The maximum absolute atomic E-state index is 12.5. The number of ether oxygens (including phenoxy) is 2. The van der Waals surface area contributed by atoms with Crippen LogP contribution in [0.15, 0.2) is 91.2 Å². The van der Waals surface area contributed by atoms with Gasteiger partial charge in [0.15, 0.2) is 10.9 Å². The Labute approximate surface area is 316 Å². The van der Waals surface area contributed by atoms with Gasteiger partial charge in [-0.2, -0.15) is 0 Å². The monoisotopic (exact) mass is 775 g/mol. The molecule has 0 aliphatic carbocycles. The summed E-state index contributed by atoms with van der Waals surface area (Å²) < 4.78 is 23.2. The first-order chi connectivity index (χ1) is 24.4. The van der Waals surface area contributed by atoms with E-state index < -0.39 is 0 Å². The number of nitrogens with zero attached hydrogens (tertiary/aromatic N) is 2. The zero-order valence-electron chi connectivity index (χ0n) is 29.3. The van der Waals surface area contributed by atoms with E-state index in [0.29, 0.717) is 57.8 Å². The predicted octanol–water partition coefficient (Wildman–Crippen LogP) is 4.12. The van der Waals surface area contributed by atoms with Gasteiger partial charge in [0.2, 0.25) is 0 Å². The number of hydrogen-bond acceptors (Lipinski definition) is 10. The van der Waals surface area contributed by atoms with Gasteiger partial charge in [0.25, 0.3) is 0 Å². The van der Waals surface area contributed by atoms with E-state index in [-0.39, 0.29) is 61.2 Å². The summed E-state index contributed by atoms with van der Waals surface area (Å²) in [5.74, 6) is 0.723. The second-order valence-corrected chi connectivity index (χ2v) is 12.9. The number of piperidine rings is 2. The van der Waals surface area contributed by atoms with Crippen LogP contribution in [0.2, 0.25) is 0 Å². The fourth-order valence-electron chi connectivity index (χ4n) is 6.83. The van der Waals surface area contributed by atoms with Crippen molar-refractivity contribution in [3.63, 3.8) is 0 Å². The first-order valence-corrected chi connectivity index (χ1v) is 17.5. The Morgan fingerprint density at radius 3 is 1.34 bits per heavy atom. The van der Waals surface area contributed by atoms with Crippen molar-refractivity contribution in [2.24, 2.45) is 0 Å².